The summed E-state index contributed by atoms with van der Waals surface area (Å²) in [5.74, 6) is -0.0140. The van der Waals surface area contributed by atoms with Gasteiger partial charge in [0.05, 0.1) is 6.04 Å². The van der Waals surface area contributed by atoms with Crippen molar-refractivity contribution in [1.29, 1.82) is 0 Å². The summed E-state index contributed by atoms with van der Waals surface area (Å²) in [6.45, 7) is 7.93. The van der Waals surface area contributed by atoms with Gasteiger partial charge in [0.2, 0.25) is 5.91 Å². The predicted molar refractivity (Wildman–Crippen MR) is 76.6 cm³/mol. The number of likely N-dealkylation sites (N-methyl/N-ethyl adjacent to an activating group) is 1. The monoisotopic (exact) mass is 249 g/mol. The van der Waals surface area contributed by atoms with Crippen molar-refractivity contribution >= 4 is 17.3 Å². The average Bonchev–Trinajstić information content (AvgIpc) is 2.32. The van der Waals surface area contributed by atoms with Crippen LogP contribution in [0.25, 0.3) is 0 Å². The second-order valence-electron chi connectivity index (χ2n) is 4.94. The van der Waals surface area contributed by atoms with Gasteiger partial charge in [0, 0.05) is 17.4 Å². The van der Waals surface area contributed by atoms with E-state index < -0.39 is 0 Å². The molecule has 0 saturated heterocycles. The Labute approximate surface area is 109 Å². The first-order valence-electron chi connectivity index (χ1n) is 6.22. The third-order valence-corrected chi connectivity index (χ3v) is 3.44. The van der Waals surface area contributed by atoms with Crippen LogP contribution in [0.1, 0.15) is 26.3 Å². The quantitative estimate of drug-likeness (QED) is 0.805. The maximum atomic E-state index is 12.1. The fourth-order valence-electron chi connectivity index (χ4n) is 1.66. The molecule has 0 spiro atoms. The molecule has 18 heavy (non-hydrogen) atoms. The van der Waals surface area contributed by atoms with Crippen molar-refractivity contribution in [3.8, 4) is 0 Å². The molecule has 100 valence electrons. The predicted octanol–water partition coefficient (Wildman–Crippen LogP) is 2.24. The number of benzene rings is 1. The molecule has 0 bridgehead atoms. The summed E-state index contributed by atoms with van der Waals surface area (Å²) in [6, 6.07) is 5.69. The van der Waals surface area contributed by atoms with E-state index in [-0.39, 0.29) is 11.9 Å². The highest BCUT2D eigenvalue weighted by molar-refractivity contribution is 5.95. The molecule has 0 fully saturated rings. The number of carbonyl (C=O) groups is 1. The first-order chi connectivity index (χ1) is 8.34. The zero-order chi connectivity index (χ0) is 13.9. The van der Waals surface area contributed by atoms with Crippen LogP contribution in [0.5, 0.6) is 0 Å². The number of amides is 1. The van der Waals surface area contributed by atoms with Crippen molar-refractivity contribution in [2.75, 3.05) is 18.1 Å². The lowest BCUT2D eigenvalue weighted by atomic mass is 10.1. The molecule has 1 atom stereocenters. The van der Waals surface area contributed by atoms with Crippen molar-refractivity contribution in [1.82, 2.24) is 4.90 Å². The van der Waals surface area contributed by atoms with Gasteiger partial charge in [0.1, 0.15) is 0 Å². The lowest BCUT2D eigenvalue weighted by Gasteiger charge is -2.27. The Morgan fingerprint density at radius 1 is 1.33 bits per heavy atom. The van der Waals surface area contributed by atoms with E-state index in [2.05, 4.69) is 19.2 Å². The first-order valence-corrected chi connectivity index (χ1v) is 6.22. The number of rotatable bonds is 4. The largest absolute Gasteiger partial charge is 0.398 e. The topological polar surface area (TPSA) is 58.4 Å². The molecule has 1 amide bonds. The molecule has 1 aromatic carbocycles. The molecule has 4 nitrogen and oxygen atoms in total. The molecular formula is C14H23N3O. The Bertz CT molecular complexity index is 429. The van der Waals surface area contributed by atoms with E-state index in [9.17, 15) is 4.79 Å². The normalized spacial score (nSPS) is 12.8. The van der Waals surface area contributed by atoms with Crippen LogP contribution in [0.4, 0.5) is 11.4 Å². The third kappa shape index (κ3) is 3.23. The van der Waals surface area contributed by atoms with Gasteiger partial charge in [-0.2, -0.15) is 0 Å². The second kappa shape index (κ2) is 5.87. The summed E-state index contributed by atoms with van der Waals surface area (Å²) in [4.78, 5) is 14.2. The second-order valence-corrected chi connectivity index (χ2v) is 4.94. The fourth-order valence-corrected chi connectivity index (χ4v) is 1.66. The SMILES string of the molecule is Cc1c(N)cccc1NC(=O)C(C)N(C)C(C)C. The van der Waals surface area contributed by atoms with Gasteiger partial charge in [-0.1, -0.05) is 6.07 Å². The van der Waals surface area contributed by atoms with E-state index in [1.165, 1.54) is 0 Å². The number of hydrogen-bond acceptors (Lipinski definition) is 3. The highest BCUT2D eigenvalue weighted by atomic mass is 16.2. The highest BCUT2D eigenvalue weighted by Crippen LogP contribution is 2.20. The third-order valence-electron chi connectivity index (χ3n) is 3.44. The fraction of sp³-hybridized carbons (Fsp3) is 0.500. The lowest BCUT2D eigenvalue weighted by molar-refractivity contribution is -0.120. The van der Waals surface area contributed by atoms with E-state index >= 15 is 0 Å². The van der Waals surface area contributed by atoms with Crippen molar-refractivity contribution in [3.05, 3.63) is 23.8 Å². The average molecular weight is 249 g/mol. The van der Waals surface area contributed by atoms with Gasteiger partial charge in [-0.05, 0) is 52.4 Å². The van der Waals surface area contributed by atoms with Crippen molar-refractivity contribution < 1.29 is 4.79 Å². The number of anilines is 2. The van der Waals surface area contributed by atoms with Crippen LogP contribution in [0, 0.1) is 6.92 Å². The first kappa shape index (κ1) is 14.5. The number of nitrogens with zero attached hydrogens (tertiary/aromatic N) is 1. The number of carbonyl (C=O) groups excluding carboxylic acids is 1. The Kier molecular flexibility index (Phi) is 4.73. The van der Waals surface area contributed by atoms with Crippen molar-refractivity contribution in [3.63, 3.8) is 0 Å². The van der Waals surface area contributed by atoms with Gasteiger partial charge < -0.3 is 11.1 Å². The smallest absolute Gasteiger partial charge is 0.241 e. The summed E-state index contributed by atoms with van der Waals surface area (Å²) in [7, 11) is 1.95. The molecule has 4 heteroatoms. The van der Waals surface area contributed by atoms with Crippen LogP contribution in [-0.4, -0.2) is 29.9 Å². The molecule has 0 radical (unpaired) electrons. The van der Waals surface area contributed by atoms with E-state index in [1.807, 2.05) is 44.0 Å². The molecule has 0 aliphatic heterocycles. The van der Waals surface area contributed by atoms with Crippen LogP contribution in [0.3, 0.4) is 0 Å². The van der Waals surface area contributed by atoms with E-state index in [0.717, 1.165) is 11.3 Å². The van der Waals surface area contributed by atoms with Crippen molar-refractivity contribution in [2.24, 2.45) is 0 Å². The zero-order valence-corrected chi connectivity index (χ0v) is 11.8. The molecule has 0 saturated carbocycles. The highest BCUT2D eigenvalue weighted by Gasteiger charge is 2.20. The molecular weight excluding hydrogens is 226 g/mol. The molecule has 1 unspecified atom stereocenters. The number of nitrogens with one attached hydrogen (secondary N) is 1. The molecule has 0 aromatic heterocycles. The minimum Gasteiger partial charge on any atom is -0.398 e. The molecule has 0 aliphatic rings. The van der Waals surface area contributed by atoms with E-state index in [0.29, 0.717) is 11.7 Å². The van der Waals surface area contributed by atoms with Crippen LogP contribution in [-0.2, 0) is 4.79 Å². The summed E-state index contributed by atoms with van der Waals surface area (Å²) < 4.78 is 0. The summed E-state index contributed by atoms with van der Waals surface area (Å²) in [6.07, 6.45) is 0. The van der Waals surface area contributed by atoms with Gasteiger partial charge in [-0.3, -0.25) is 9.69 Å². The van der Waals surface area contributed by atoms with Gasteiger partial charge in [-0.15, -0.1) is 0 Å². The van der Waals surface area contributed by atoms with Crippen LogP contribution in [0.15, 0.2) is 18.2 Å². The minimum absolute atomic E-state index is 0.0140. The van der Waals surface area contributed by atoms with Crippen molar-refractivity contribution in [2.45, 2.75) is 39.8 Å². The van der Waals surface area contributed by atoms with Gasteiger partial charge in [0.15, 0.2) is 0 Å². The van der Waals surface area contributed by atoms with Gasteiger partial charge >= 0.3 is 0 Å². The summed E-state index contributed by atoms with van der Waals surface area (Å²) in [5, 5.41) is 2.93. The minimum atomic E-state index is -0.175. The van der Waals surface area contributed by atoms with E-state index in [1.54, 1.807) is 0 Å². The zero-order valence-electron chi connectivity index (χ0n) is 11.8. The summed E-state index contributed by atoms with van der Waals surface area (Å²) in [5.41, 5.74) is 8.20. The number of hydrogen-bond donors (Lipinski definition) is 2. The number of nitrogen functional groups attached to an aromatic ring is 1. The molecule has 0 aliphatic carbocycles. The Hall–Kier alpha value is -1.55. The van der Waals surface area contributed by atoms with Crippen LogP contribution < -0.4 is 11.1 Å². The van der Waals surface area contributed by atoms with Crippen LogP contribution >= 0.6 is 0 Å². The lowest BCUT2D eigenvalue weighted by Crippen LogP contribution is -2.43. The van der Waals surface area contributed by atoms with Crippen LogP contribution in [0.2, 0.25) is 0 Å². The maximum Gasteiger partial charge on any atom is 0.241 e. The number of nitrogens with two attached hydrogens (primary N) is 1. The maximum absolute atomic E-state index is 12.1. The molecule has 1 aromatic rings. The standard InChI is InChI=1S/C14H23N3O/c1-9(2)17(5)11(4)14(18)16-13-8-6-7-12(15)10(13)3/h6-9,11H,15H2,1-5H3,(H,16,18). The van der Waals surface area contributed by atoms with Gasteiger partial charge in [0.25, 0.3) is 0 Å². The Balaban J connectivity index is 2.79. The Morgan fingerprint density at radius 2 is 1.94 bits per heavy atom. The van der Waals surface area contributed by atoms with Gasteiger partial charge in [-0.25, -0.2) is 0 Å². The molecule has 0 heterocycles. The molecule has 1 rings (SSSR count). The molecule has 3 N–H and O–H groups in total. The Morgan fingerprint density at radius 3 is 2.50 bits per heavy atom. The van der Waals surface area contributed by atoms with E-state index in [4.69, 9.17) is 5.73 Å². The summed E-state index contributed by atoms with van der Waals surface area (Å²) >= 11 is 0.